The third-order valence-electron chi connectivity index (χ3n) is 3.55. The van der Waals surface area contributed by atoms with Crippen LogP contribution in [0, 0.1) is 10.1 Å². The Balaban J connectivity index is 2.17. The molecular weight excluding hydrogens is 272 g/mol. The zero-order chi connectivity index (χ0) is 15.6. The van der Waals surface area contributed by atoms with Crippen molar-refractivity contribution in [2.75, 3.05) is 18.0 Å². The number of β-amino-alcohol motifs (C(OH)–C–C–N with tert-alkyl or cyclic N) is 1. The van der Waals surface area contributed by atoms with E-state index in [1.807, 2.05) is 25.7 Å². The molecule has 1 aromatic carbocycles. The number of aliphatic hydroxyl groups is 1. The molecule has 0 radical (unpaired) electrons. The van der Waals surface area contributed by atoms with Crippen LogP contribution in [0.4, 0.5) is 11.4 Å². The fraction of sp³-hybridized carbons (Fsp3) is 0.600. The van der Waals surface area contributed by atoms with Gasteiger partial charge in [-0.25, -0.2) is 0 Å². The van der Waals surface area contributed by atoms with Gasteiger partial charge in [-0.05, 0) is 26.3 Å². The van der Waals surface area contributed by atoms with Crippen molar-refractivity contribution < 1.29 is 14.8 Å². The van der Waals surface area contributed by atoms with E-state index in [2.05, 4.69) is 0 Å². The Morgan fingerprint density at radius 2 is 2.14 bits per heavy atom. The first-order valence-corrected chi connectivity index (χ1v) is 7.27. The summed E-state index contributed by atoms with van der Waals surface area (Å²) in [6.45, 7) is 6.82. The lowest BCUT2D eigenvalue weighted by molar-refractivity contribution is -0.386. The minimum Gasteiger partial charge on any atom is -0.484 e. The van der Waals surface area contributed by atoms with E-state index < -0.39 is 10.5 Å². The van der Waals surface area contributed by atoms with Crippen LogP contribution in [0.3, 0.4) is 0 Å². The Morgan fingerprint density at radius 3 is 2.67 bits per heavy atom. The average molecular weight is 294 g/mol. The van der Waals surface area contributed by atoms with E-state index in [-0.39, 0.29) is 17.5 Å². The molecule has 0 atom stereocenters. The van der Waals surface area contributed by atoms with Gasteiger partial charge in [0.15, 0.2) is 5.75 Å². The first-order chi connectivity index (χ1) is 9.84. The predicted molar refractivity (Wildman–Crippen MR) is 80.9 cm³/mol. The molecule has 1 heterocycles. The molecule has 0 aliphatic carbocycles. The summed E-state index contributed by atoms with van der Waals surface area (Å²) < 4.78 is 5.53. The lowest BCUT2D eigenvalue weighted by atomic mass is 9.89. The largest absolute Gasteiger partial charge is 0.484 e. The first-order valence-electron chi connectivity index (χ1n) is 7.27. The molecule has 0 spiro atoms. The van der Waals surface area contributed by atoms with E-state index >= 15 is 0 Å². The minimum atomic E-state index is -0.629. The third kappa shape index (κ3) is 3.44. The number of hydrogen-bond acceptors (Lipinski definition) is 5. The number of hydrogen-bond donors (Lipinski definition) is 1. The highest BCUT2D eigenvalue weighted by atomic mass is 16.6. The number of nitrogens with zero attached hydrogens (tertiary/aromatic N) is 2. The van der Waals surface area contributed by atoms with E-state index in [9.17, 15) is 15.2 Å². The molecule has 6 heteroatoms. The maximum atomic E-state index is 11.0. The number of nitro benzene ring substituents is 1. The quantitative estimate of drug-likeness (QED) is 0.645. The summed E-state index contributed by atoms with van der Waals surface area (Å²) in [5.41, 5.74) is 0.184. The van der Waals surface area contributed by atoms with Crippen molar-refractivity contribution in [1.82, 2.24) is 0 Å². The molecular formula is C15H22N2O4. The summed E-state index contributed by atoms with van der Waals surface area (Å²) in [6, 6.07) is 4.85. The molecule has 1 N–H and O–H groups in total. The molecule has 2 rings (SSSR count). The zero-order valence-electron chi connectivity index (χ0n) is 12.7. The van der Waals surface area contributed by atoms with Crippen molar-refractivity contribution in [3.8, 4) is 5.75 Å². The molecule has 1 aliphatic rings. The molecule has 0 aromatic heterocycles. The molecule has 1 saturated heterocycles. The average Bonchev–Trinajstić information content (AvgIpc) is 2.34. The Morgan fingerprint density at radius 1 is 1.48 bits per heavy atom. The van der Waals surface area contributed by atoms with Gasteiger partial charge in [0.2, 0.25) is 0 Å². The highest BCUT2D eigenvalue weighted by molar-refractivity contribution is 5.61. The van der Waals surface area contributed by atoms with Crippen LogP contribution < -0.4 is 9.64 Å². The molecule has 0 saturated carbocycles. The summed E-state index contributed by atoms with van der Waals surface area (Å²) >= 11 is 0. The van der Waals surface area contributed by atoms with Crippen LogP contribution >= 0.6 is 0 Å². The van der Waals surface area contributed by atoms with Crippen LogP contribution in [-0.4, -0.2) is 34.8 Å². The Bertz CT molecular complexity index is 524. The Kier molecular flexibility index (Phi) is 4.37. The highest BCUT2D eigenvalue weighted by Gasteiger charge is 2.40. The van der Waals surface area contributed by atoms with Gasteiger partial charge in [-0.15, -0.1) is 0 Å². The number of benzene rings is 1. The van der Waals surface area contributed by atoms with E-state index in [1.54, 1.807) is 12.1 Å². The first kappa shape index (κ1) is 15.6. The van der Waals surface area contributed by atoms with Gasteiger partial charge in [-0.3, -0.25) is 10.1 Å². The molecule has 1 aromatic rings. The van der Waals surface area contributed by atoms with Gasteiger partial charge in [-0.2, -0.15) is 0 Å². The maximum Gasteiger partial charge on any atom is 0.311 e. The summed E-state index contributed by atoms with van der Waals surface area (Å²) in [5, 5.41) is 21.2. The standard InChI is InChI=1S/C15H22N2O4/c1-4-7-15(18)9-16(10-15)12-5-6-13(17(19)20)14(8-12)21-11(2)3/h5-6,8,11,18H,4,7,9-10H2,1-3H3. The lowest BCUT2D eigenvalue weighted by Crippen LogP contribution is -2.61. The van der Waals surface area contributed by atoms with Crippen LogP contribution in [0.25, 0.3) is 0 Å². The van der Waals surface area contributed by atoms with E-state index in [0.29, 0.717) is 13.1 Å². The minimum absolute atomic E-state index is 0.0307. The van der Waals surface area contributed by atoms with Gasteiger partial charge in [0.1, 0.15) is 0 Å². The van der Waals surface area contributed by atoms with E-state index in [0.717, 1.165) is 18.5 Å². The van der Waals surface area contributed by atoms with Gasteiger partial charge in [0.05, 0.1) is 16.6 Å². The van der Waals surface area contributed by atoms with Crippen molar-refractivity contribution in [2.24, 2.45) is 0 Å². The number of rotatable bonds is 6. The van der Waals surface area contributed by atoms with Crippen LogP contribution in [0.15, 0.2) is 18.2 Å². The van der Waals surface area contributed by atoms with Gasteiger partial charge in [0, 0.05) is 30.9 Å². The van der Waals surface area contributed by atoms with E-state index in [1.165, 1.54) is 6.07 Å². The second-order valence-corrected chi connectivity index (χ2v) is 5.91. The number of anilines is 1. The topological polar surface area (TPSA) is 75.8 Å². The maximum absolute atomic E-state index is 11.0. The van der Waals surface area contributed by atoms with Gasteiger partial charge in [-0.1, -0.05) is 13.3 Å². The van der Waals surface area contributed by atoms with Gasteiger partial charge >= 0.3 is 5.69 Å². The summed E-state index contributed by atoms with van der Waals surface area (Å²) in [6.07, 6.45) is 1.57. The zero-order valence-corrected chi connectivity index (χ0v) is 12.7. The van der Waals surface area contributed by atoms with Crippen molar-refractivity contribution in [1.29, 1.82) is 0 Å². The van der Waals surface area contributed by atoms with Gasteiger partial charge in [0.25, 0.3) is 0 Å². The van der Waals surface area contributed by atoms with Crippen LogP contribution in [0.1, 0.15) is 33.6 Å². The smallest absolute Gasteiger partial charge is 0.311 e. The van der Waals surface area contributed by atoms with Crippen molar-refractivity contribution in [2.45, 2.75) is 45.3 Å². The normalized spacial score (nSPS) is 16.7. The lowest BCUT2D eigenvalue weighted by Gasteiger charge is -2.48. The van der Waals surface area contributed by atoms with Crippen molar-refractivity contribution in [3.05, 3.63) is 28.3 Å². The number of nitro groups is 1. The van der Waals surface area contributed by atoms with Crippen LogP contribution in [0.2, 0.25) is 0 Å². The molecule has 21 heavy (non-hydrogen) atoms. The molecule has 1 aliphatic heterocycles. The Labute approximate surface area is 124 Å². The van der Waals surface area contributed by atoms with Crippen LogP contribution in [0.5, 0.6) is 5.75 Å². The second kappa shape index (κ2) is 5.89. The van der Waals surface area contributed by atoms with Crippen LogP contribution in [-0.2, 0) is 0 Å². The Hall–Kier alpha value is -1.82. The summed E-state index contributed by atoms with van der Waals surface area (Å²) in [7, 11) is 0. The van der Waals surface area contributed by atoms with Crippen molar-refractivity contribution >= 4 is 11.4 Å². The molecule has 116 valence electrons. The fourth-order valence-electron chi connectivity index (χ4n) is 2.67. The SMILES string of the molecule is CCCC1(O)CN(c2ccc([N+](=O)[O-])c(OC(C)C)c2)C1. The molecule has 1 fully saturated rings. The highest BCUT2D eigenvalue weighted by Crippen LogP contribution is 2.36. The molecule has 0 amide bonds. The fourth-order valence-corrected chi connectivity index (χ4v) is 2.67. The summed E-state index contributed by atoms with van der Waals surface area (Å²) in [5.74, 6) is 0.276. The summed E-state index contributed by atoms with van der Waals surface area (Å²) in [4.78, 5) is 12.6. The second-order valence-electron chi connectivity index (χ2n) is 5.91. The molecule has 0 unspecified atom stereocenters. The molecule has 6 nitrogen and oxygen atoms in total. The third-order valence-corrected chi connectivity index (χ3v) is 3.55. The predicted octanol–water partition coefficient (Wildman–Crippen LogP) is 2.73. The van der Waals surface area contributed by atoms with Gasteiger partial charge < -0.3 is 14.7 Å². The van der Waals surface area contributed by atoms with E-state index in [4.69, 9.17) is 4.74 Å². The monoisotopic (exact) mass is 294 g/mol. The van der Waals surface area contributed by atoms with Crippen molar-refractivity contribution in [3.63, 3.8) is 0 Å². The molecule has 0 bridgehead atoms. The number of ether oxygens (including phenoxy) is 1.